The minimum Gasteiger partial charge on any atom is -0.0848 e. The van der Waals surface area contributed by atoms with Crippen molar-refractivity contribution in [2.75, 3.05) is 0 Å². The van der Waals surface area contributed by atoms with Crippen molar-refractivity contribution in [3.8, 4) is 0 Å². The summed E-state index contributed by atoms with van der Waals surface area (Å²) in [4.78, 5) is 0. The molecular weight excluding hydrogens is 180 g/mol. The molecule has 0 spiro atoms. The van der Waals surface area contributed by atoms with Crippen LogP contribution in [-0.2, 0) is 0 Å². The summed E-state index contributed by atoms with van der Waals surface area (Å²) < 4.78 is 0. The van der Waals surface area contributed by atoms with Gasteiger partial charge in [0.1, 0.15) is 0 Å². The summed E-state index contributed by atoms with van der Waals surface area (Å²) in [6.07, 6.45) is 10.3. The molecule has 3 aliphatic carbocycles. The van der Waals surface area contributed by atoms with Crippen LogP contribution in [0.25, 0.3) is 0 Å². The summed E-state index contributed by atoms with van der Waals surface area (Å²) in [5.41, 5.74) is 1.64. The Kier molecular flexibility index (Phi) is 6.23. The Morgan fingerprint density at radius 3 is 2.20 bits per heavy atom. The monoisotopic (exact) mass is 210 g/mol. The molecule has 15 heavy (non-hydrogen) atoms. The molecule has 0 nitrogen and oxygen atoms in total. The average Bonchev–Trinajstić information content (AvgIpc) is 2.53. The Labute approximate surface area is 97.5 Å². The maximum absolute atomic E-state index is 2.53. The van der Waals surface area contributed by atoms with Crippen LogP contribution < -0.4 is 0 Å². The second-order valence-electron chi connectivity index (χ2n) is 4.41. The van der Waals surface area contributed by atoms with Crippen LogP contribution in [-0.4, -0.2) is 0 Å². The maximum Gasteiger partial charge on any atom is -0.0131 e. The highest BCUT2D eigenvalue weighted by atomic mass is 14.5. The molecule has 0 N–H and O–H groups in total. The predicted molar refractivity (Wildman–Crippen MR) is 73.0 cm³/mol. The fraction of sp³-hybridized carbons (Fsp3) is 0.733. The third kappa shape index (κ3) is 2.19. The van der Waals surface area contributed by atoms with Gasteiger partial charge in [0.25, 0.3) is 0 Å². The van der Waals surface area contributed by atoms with Gasteiger partial charge in [0.05, 0.1) is 0 Å². The third-order valence-electron chi connectivity index (χ3n) is 3.72. The van der Waals surface area contributed by atoms with E-state index < -0.39 is 0 Å². The molecule has 4 unspecified atom stereocenters. The first-order valence-corrected chi connectivity index (χ1v) is 4.70. The van der Waals surface area contributed by atoms with Crippen molar-refractivity contribution in [3.63, 3.8) is 0 Å². The minimum atomic E-state index is 0. The summed E-state index contributed by atoms with van der Waals surface area (Å²) in [7, 11) is 0. The molecule has 0 aromatic rings. The summed E-state index contributed by atoms with van der Waals surface area (Å²) in [6, 6.07) is 0. The summed E-state index contributed by atoms with van der Waals surface area (Å²) in [5.74, 6) is 3.80. The lowest BCUT2D eigenvalue weighted by atomic mass is 9.86. The molecule has 2 bridgehead atoms. The Balaban J connectivity index is 0. The highest BCUT2D eigenvalue weighted by molar-refractivity contribution is 5.25. The van der Waals surface area contributed by atoms with Crippen LogP contribution >= 0.6 is 0 Å². The maximum atomic E-state index is 2.53. The molecule has 1 fully saturated rings. The molecular formula is C15H30. The smallest absolute Gasteiger partial charge is 0.0131 e. The second-order valence-corrected chi connectivity index (χ2v) is 4.41. The normalized spacial score (nSPS) is 37.8. The lowest BCUT2D eigenvalue weighted by Gasteiger charge is -2.19. The van der Waals surface area contributed by atoms with Crippen LogP contribution in [0.4, 0.5) is 0 Å². The highest BCUT2D eigenvalue weighted by Gasteiger charge is 2.45. The second kappa shape index (κ2) is 5.53. The van der Waals surface area contributed by atoms with E-state index in [2.05, 4.69) is 25.2 Å². The van der Waals surface area contributed by atoms with Crippen LogP contribution in [0.3, 0.4) is 0 Å². The summed E-state index contributed by atoms with van der Waals surface area (Å²) >= 11 is 0. The zero-order chi connectivity index (χ0) is 7.42. The lowest BCUT2D eigenvalue weighted by Crippen LogP contribution is -2.12. The molecule has 0 aromatic heterocycles. The molecule has 90 valence electrons. The molecule has 3 rings (SSSR count). The molecule has 3 aliphatic rings. The van der Waals surface area contributed by atoms with Crippen LogP contribution in [0.2, 0.25) is 0 Å². The molecule has 4 atom stereocenters. The molecule has 0 radical (unpaired) electrons. The van der Waals surface area contributed by atoms with Gasteiger partial charge in [-0.2, -0.15) is 0 Å². The quantitative estimate of drug-likeness (QED) is 0.475. The van der Waals surface area contributed by atoms with E-state index in [1.165, 1.54) is 12.8 Å². The third-order valence-corrected chi connectivity index (χ3v) is 3.72. The Hall–Kier alpha value is -0.520. The first-order chi connectivity index (χ1) is 5.34. The van der Waals surface area contributed by atoms with Crippen LogP contribution in [0.5, 0.6) is 0 Å². The van der Waals surface area contributed by atoms with Crippen molar-refractivity contribution in [1.82, 2.24) is 0 Å². The number of rotatable bonds is 0. The Morgan fingerprint density at radius 2 is 1.60 bits per heavy atom. The van der Waals surface area contributed by atoms with Gasteiger partial charge in [0.15, 0.2) is 0 Å². The van der Waals surface area contributed by atoms with Crippen molar-refractivity contribution in [2.24, 2.45) is 23.7 Å². The average molecular weight is 210 g/mol. The van der Waals surface area contributed by atoms with E-state index in [4.69, 9.17) is 0 Å². The van der Waals surface area contributed by atoms with E-state index in [0.717, 1.165) is 23.7 Å². The Bertz CT molecular complexity index is 247. The van der Waals surface area contributed by atoms with Gasteiger partial charge in [-0.3, -0.25) is 0 Å². The Morgan fingerprint density at radius 1 is 1.00 bits per heavy atom. The van der Waals surface area contributed by atoms with Gasteiger partial charge in [-0.25, -0.2) is 0 Å². The minimum absolute atomic E-state index is 0. The fourth-order valence-corrected chi connectivity index (χ4v) is 3.27. The zero-order valence-electron chi connectivity index (χ0n) is 6.96. The lowest BCUT2D eigenvalue weighted by molar-refractivity contribution is 0.395. The van der Waals surface area contributed by atoms with Crippen molar-refractivity contribution < 1.29 is 0 Å². The predicted octanol–water partition coefficient (Wildman–Crippen LogP) is 5.32. The largest absolute Gasteiger partial charge is 0.0848 e. The van der Waals surface area contributed by atoms with Gasteiger partial charge in [-0.15, -0.1) is 0 Å². The molecule has 0 saturated heterocycles. The van der Waals surface area contributed by atoms with E-state index >= 15 is 0 Å². The first kappa shape index (κ1) is 16.9. The van der Waals surface area contributed by atoms with E-state index in [9.17, 15) is 0 Å². The van der Waals surface area contributed by atoms with Crippen LogP contribution in [0.1, 0.15) is 49.5 Å². The van der Waals surface area contributed by atoms with Crippen LogP contribution in [0, 0.1) is 23.7 Å². The van der Waals surface area contributed by atoms with E-state index in [1.807, 2.05) is 0 Å². The SMILES string of the molecule is C.C.C.C.CC1=CC2C3C=CC(C3)C2C1. The van der Waals surface area contributed by atoms with E-state index in [1.54, 1.807) is 5.57 Å². The number of allylic oxidation sites excluding steroid dienone is 4. The van der Waals surface area contributed by atoms with Gasteiger partial charge in [0, 0.05) is 0 Å². The summed E-state index contributed by atoms with van der Waals surface area (Å²) in [6.45, 7) is 2.29. The number of hydrogen-bond donors (Lipinski definition) is 0. The number of hydrogen-bond acceptors (Lipinski definition) is 0. The fourth-order valence-electron chi connectivity index (χ4n) is 3.27. The van der Waals surface area contributed by atoms with Crippen molar-refractivity contribution >= 4 is 0 Å². The van der Waals surface area contributed by atoms with Gasteiger partial charge >= 0.3 is 0 Å². The van der Waals surface area contributed by atoms with Crippen molar-refractivity contribution in [2.45, 2.75) is 49.5 Å². The van der Waals surface area contributed by atoms with Crippen molar-refractivity contribution in [3.05, 3.63) is 23.8 Å². The van der Waals surface area contributed by atoms with Crippen molar-refractivity contribution in [1.29, 1.82) is 0 Å². The van der Waals surface area contributed by atoms with Crippen LogP contribution in [0.15, 0.2) is 23.8 Å². The standard InChI is InChI=1S/C11H14.4CH4/c1-7-4-10-8-2-3-9(6-8)11(10)5-7;;;;/h2-4,8-11H,5-6H2,1H3;4*1H4. The molecule has 0 aromatic carbocycles. The van der Waals surface area contributed by atoms with Gasteiger partial charge in [-0.05, 0) is 43.4 Å². The van der Waals surface area contributed by atoms with Gasteiger partial charge in [0.2, 0.25) is 0 Å². The first-order valence-electron chi connectivity index (χ1n) is 4.70. The topological polar surface area (TPSA) is 0 Å². The van der Waals surface area contributed by atoms with E-state index in [-0.39, 0.29) is 29.7 Å². The molecule has 0 heterocycles. The molecule has 1 saturated carbocycles. The summed E-state index contributed by atoms with van der Waals surface area (Å²) in [5, 5.41) is 0. The molecule has 0 amide bonds. The molecule has 0 heteroatoms. The molecule has 0 aliphatic heterocycles. The highest BCUT2D eigenvalue weighted by Crippen LogP contribution is 2.54. The van der Waals surface area contributed by atoms with Gasteiger partial charge in [-0.1, -0.05) is 53.5 Å². The zero-order valence-corrected chi connectivity index (χ0v) is 6.96. The number of fused-ring (bicyclic) bond motifs is 5. The van der Waals surface area contributed by atoms with Gasteiger partial charge < -0.3 is 0 Å². The van der Waals surface area contributed by atoms with E-state index in [0.29, 0.717) is 0 Å².